The fourth-order valence-electron chi connectivity index (χ4n) is 2.11. The summed E-state index contributed by atoms with van der Waals surface area (Å²) in [5.74, 6) is -0.421. The Morgan fingerprint density at radius 1 is 1.09 bits per heavy atom. The molecule has 1 heterocycles. The smallest absolute Gasteiger partial charge is 0.257 e. The number of anilines is 1. The Balaban J connectivity index is 2.17. The Morgan fingerprint density at radius 2 is 1.70 bits per heavy atom. The van der Waals surface area contributed by atoms with Crippen LogP contribution in [-0.2, 0) is 0 Å². The summed E-state index contributed by atoms with van der Waals surface area (Å²) in [4.78, 5) is 30.3. The van der Waals surface area contributed by atoms with Crippen LogP contribution in [0.3, 0.4) is 0 Å². The lowest BCUT2D eigenvalue weighted by Crippen LogP contribution is -2.30. The number of benzene rings is 1. The Labute approximate surface area is 143 Å². The van der Waals surface area contributed by atoms with Crippen molar-refractivity contribution in [3.8, 4) is 0 Å². The van der Waals surface area contributed by atoms with Gasteiger partial charge in [0.15, 0.2) is 0 Å². The summed E-state index contributed by atoms with van der Waals surface area (Å²) in [6, 6.07) is 8.84. The van der Waals surface area contributed by atoms with E-state index in [2.05, 4.69) is 26.2 Å². The Morgan fingerprint density at radius 3 is 2.30 bits per heavy atom. The van der Waals surface area contributed by atoms with Gasteiger partial charge in [0.2, 0.25) is 0 Å². The third-order valence-electron chi connectivity index (χ3n) is 3.40. The molecule has 1 N–H and O–H groups in total. The molecule has 2 rings (SSSR count). The van der Waals surface area contributed by atoms with Gasteiger partial charge in [0, 0.05) is 35.6 Å². The lowest BCUT2D eigenvalue weighted by molar-refractivity contribution is 0.0772. The van der Waals surface area contributed by atoms with Crippen molar-refractivity contribution >= 4 is 33.4 Å². The van der Waals surface area contributed by atoms with Crippen LogP contribution in [-0.4, -0.2) is 34.8 Å². The first-order valence-electron chi connectivity index (χ1n) is 7.36. The van der Waals surface area contributed by atoms with Gasteiger partial charge in [-0.2, -0.15) is 0 Å². The van der Waals surface area contributed by atoms with Gasteiger partial charge >= 0.3 is 0 Å². The van der Waals surface area contributed by atoms with Gasteiger partial charge < -0.3 is 10.2 Å². The highest BCUT2D eigenvalue weighted by Crippen LogP contribution is 2.15. The van der Waals surface area contributed by atoms with Crippen molar-refractivity contribution in [2.45, 2.75) is 13.8 Å². The van der Waals surface area contributed by atoms with Gasteiger partial charge in [-0.05, 0) is 44.2 Å². The lowest BCUT2D eigenvalue weighted by atomic mass is 10.1. The first kappa shape index (κ1) is 17.1. The first-order chi connectivity index (χ1) is 11.0. The van der Waals surface area contributed by atoms with Gasteiger partial charge in [-0.1, -0.05) is 15.9 Å². The molecule has 0 radical (unpaired) electrons. The predicted molar refractivity (Wildman–Crippen MR) is 93.6 cm³/mol. The fraction of sp³-hybridized carbons (Fsp3) is 0.235. The van der Waals surface area contributed by atoms with Crippen molar-refractivity contribution in [2.24, 2.45) is 0 Å². The number of rotatable bonds is 5. The van der Waals surface area contributed by atoms with Gasteiger partial charge in [0.1, 0.15) is 0 Å². The molecule has 5 nitrogen and oxygen atoms in total. The van der Waals surface area contributed by atoms with Crippen molar-refractivity contribution in [1.82, 2.24) is 9.88 Å². The van der Waals surface area contributed by atoms with Crippen LogP contribution in [0.1, 0.15) is 34.6 Å². The van der Waals surface area contributed by atoms with E-state index >= 15 is 0 Å². The highest BCUT2D eigenvalue weighted by molar-refractivity contribution is 9.10. The van der Waals surface area contributed by atoms with Crippen LogP contribution in [0.15, 0.2) is 47.2 Å². The SMILES string of the molecule is CCN(CC)C(=O)c1cncc(C(=O)Nc2ccc(Br)cc2)c1. The van der Waals surface area contributed by atoms with Gasteiger partial charge in [-0.15, -0.1) is 0 Å². The highest BCUT2D eigenvalue weighted by atomic mass is 79.9. The van der Waals surface area contributed by atoms with Gasteiger partial charge in [-0.25, -0.2) is 0 Å². The monoisotopic (exact) mass is 375 g/mol. The first-order valence-corrected chi connectivity index (χ1v) is 8.15. The van der Waals surface area contributed by atoms with E-state index in [-0.39, 0.29) is 11.8 Å². The maximum absolute atomic E-state index is 12.3. The van der Waals surface area contributed by atoms with Crippen molar-refractivity contribution in [2.75, 3.05) is 18.4 Å². The van der Waals surface area contributed by atoms with Crippen molar-refractivity contribution in [3.63, 3.8) is 0 Å². The average Bonchev–Trinajstić information content (AvgIpc) is 2.58. The lowest BCUT2D eigenvalue weighted by Gasteiger charge is -2.18. The fourth-order valence-corrected chi connectivity index (χ4v) is 2.38. The summed E-state index contributed by atoms with van der Waals surface area (Å²) in [7, 11) is 0. The summed E-state index contributed by atoms with van der Waals surface area (Å²) >= 11 is 3.34. The molecule has 23 heavy (non-hydrogen) atoms. The minimum atomic E-state index is -0.297. The number of carbonyl (C=O) groups excluding carboxylic acids is 2. The van der Waals surface area contributed by atoms with Gasteiger partial charge in [0.25, 0.3) is 11.8 Å². The van der Waals surface area contributed by atoms with Gasteiger partial charge in [-0.3, -0.25) is 14.6 Å². The van der Waals surface area contributed by atoms with E-state index < -0.39 is 0 Å². The van der Waals surface area contributed by atoms with Crippen LogP contribution >= 0.6 is 15.9 Å². The van der Waals surface area contributed by atoms with E-state index in [1.54, 1.807) is 23.1 Å². The predicted octanol–water partition coefficient (Wildman–Crippen LogP) is 3.58. The quantitative estimate of drug-likeness (QED) is 0.868. The molecule has 0 atom stereocenters. The second-order valence-corrected chi connectivity index (χ2v) is 5.82. The molecule has 0 aliphatic heterocycles. The van der Waals surface area contributed by atoms with E-state index in [1.807, 2.05) is 26.0 Å². The van der Waals surface area contributed by atoms with Crippen molar-refractivity contribution < 1.29 is 9.59 Å². The number of nitrogens with one attached hydrogen (secondary N) is 1. The third kappa shape index (κ3) is 4.39. The second kappa shape index (κ2) is 7.87. The second-order valence-electron chi connectivity index (χ2n) is 4.90. The summed E-state index contributed by atoms with van der Waals surface area (Å²) in [6.45, 7) is 5.06. The molecule has 0 fully saturated rings. The summed E-state index contributed by atoms with van der Waals surface area (Å²) in [5.41, 5.74) is 1.45. The number of aromatic nitrogens is 1. The van der Waals surface area contributed by atoms with E-state index in [9.17, 15) is 9.59 Å². The standard InChI is InChI=1S/C17H18BrN3O2/c1-3-21(4-2)17(23)13-9-12(10-19-11-13)16(22)20-15-7-5-14(18)6-8-15/h5-11H,3-4H2,1-2H3,(H,20,22). The minimum absolute atomic E-state index is 0.124. The Kier molecular flexibility index (Phi) is 5.87. The molecule has 0 saturated heterocycles. The topological polar surface area (TPSA) is 62.3 Å². The molecular formula is C17H18BrN3O2. The zero-order chi connectivity index (χ0) is 16.8. The van der Waals surface area contributed by atoms with Crippen LogP contribution in [0.25, 0.3) is 0 Å². The molecule has 0 spiro atoms. The van der Waals surface area contributed by atoms with Crippen LogP contribution in [0, 0.1) is 0 Å². The van der Waals surface area contributed by atoms with Crippen LogP contribution < -0.4 is 5.32 Å². The molecule has 2 amide bonds. The summed E-state index contributed by atoms with van der Waals surface area (Å²) in [5, 5.41) is 2.78. The van der Waals surface area contributed by atoms with Crippen LogP contribution in [0.2, 0.25) is 0 Å². The zero-order valence-electron chi connectivity index (χ0n) is 13.0. The van der Waals surface area contributed by atoms with E-state index in [1.165, 1.54) is 12.4 Å². The summed E-state index contributed by atoms with van der Waals surface area (Å²) in [6.07, 6.45) is 2.93. The number of nitrogens with zero attached hydrogens (tertiary/aromatic N) is 2. The molecular weight excluding hydrogens is 358 g/mol. The number of halogens is 1. The van der Waals surface area contributed by atoms with Crippen LogP contribution in [0.5, 0.6) is 0 Å². The van der Waals surface area contributed by atoms with Gasteiger partial charge in [0.05, 0.1) is 11.1 Å². The minimum Gasteiger partial charge on any atom is -0.339 e. The number of carbonyl (C=O) groups is 2. The molecule has 0 unspecified atom stereocenters. The number of hydrogen-bond acceptors (Lipinski definition) is 3. The van der Waals surface area contributed by atoms with Crippen molar-refractivity contribution in [3.05, 3.63) is 58.3 Å². The Hall–Kier alpha value is -2.21. The van der Waals surface area contributed by atoms with Crippen molar-refractivity contribution in [1.29, 1.82) is 0 Å². The molecule has 2 aromatic rings. The molecule has 1 aromatic heterocycles. The Bertz CT molecular complexity index is 697. The normalized spacial score (nSPS) is 10.2. The number of amides is 2. The molecule has 6 heteroatoms. The summed E-state index contributed by atoms with van der Waals surface area (Å²) < 4.78 is 0.934. The maximum Gasteiger partial charge on any atom is 0.257 e. The molecule has 0 bridgehead atoms. The molecule has 0 aliphatic rings. The maximum atomic E-state index is 12.3. The largest absolute Gasteiger partial charge is 0.339 e. The molecule has 0 aliphatic carbocycles. The van der Waals surface area contributed by atoms with E-state index in [0.29, 0.717) is 29.9 Å². The third-order valence-corrected chi connectivity index (χ3v) is 3.93. The molecule has 0 saturated carbocycles. The number of pyridine rings is 1. The molecule has 120 valence electrons. The molecule has 1 aromatic carbocycles. The zero-order valence-corrected chi connectivity index (χ0v) is 14.6. The van der Waals surface area contributed by atoms with E-state index in [4.69, 9.17) is 0 Å². The van der Waals surface area contributed by atoms with Crippen LogP contribution in [0.4, 0.5) is 5.69 Å². The average molecular weight is 376 g/mol. The van der Waals surface area contributed by atoms with E-state index in [0.717, 1.165) is 4.47 Å². The number of hydrogen-bond donors (Lipinski definition) is 1. The highest BCUT2D eigenvalue weighted by Gasteiger charge is 2.15.